The maximum Gasteiger partial charge on any atom is 0.251 e. The first-order valence-electron chi connectivity index (χ1n) is 9.88. The fourth-order valence-corrected chi connectivity index (χ4v) is 5.48. The molecule has 3 rings (SSSR count). The number of hydrogen-bond acceptors (Lipinski definition) is 3. The molecular formula is C22H27FN2O3S. The molecule has 0 radical (unpaired) electrons. The highest BCUT2D eigenvalue weighted by Gasteiger charge is 2.31. The highest BCUT2D eigenvalue weighted by Crippen LogP contribution is 2.26. The lowest BCUT2D eigenvalue weighted by Gasteiger charge is -2.34. The van der Waals surface area contributed by atoms with Gasteiger partial charge in [-0.25, -0.2) is 12.8 Å². The van der Waals surface area contributed by atoms with E-state index in [1.54, 1.807) is 16.4 Å². The van der Waals surface area contributed by atoms with Gasteiger partial charge in [0.15, 0.2) is 0 Å². The third kappa shape index (κ3) is 5.42. The van der Waals surface area contributed by atoms with E-state index in [0.717, 1.165) is 12.0 Å². The summed E-state index contributed by atoms with van der Waals surface area (Å²) in [5.74, 6) is 0.108. The second-order valence-corrected chi connectivity index (χ2v) is 9.86. The minimum Gasteiger partial charge on any atom is -0.352 e. The van der Waals surface area contributed by atoms with Crippen LogP contribution in [0.25, 0.3) is 0 Å². The van der Waals surface area contributed by atoms with Crippen molar-refractivity contribution in [2.24, 2.45) is 11.8 Å². The lowest BCUT2D eigenvalue weighted by atomic mass is 9.94. The average molecular weight is 419 g/mol. The molecule has 2 aromatic carbocycles. The number of rotatable bonds is 6. The predicted octanol–water partition coefficient (Wildman–Crippen LogP) is 3.46. The Labute approximate surface area is 172 Å². The van der Waals surface area contributed by atoms with E-state index >= 15 is 0 Å². The number of sulfonamides is 1. The number of piperidine rings is 1. The van der Waals surface area contributed by atoms with E-state index in [4.69, 9.17) is 0 Å². The van der Waals surface area contributed by atoms with Crippen molar-refractivity contribution < 1.29 is 17.6 Å². The van der Waals surface area contributed by atoms with E-state index in [0.29, 0.717) is 43.5 Å². The standard InChI is InChI=1S/C22H27FN2O3S/c1-16-13-17(2)15-25(14-16)29(27,28)21-9-5-19(6-10-21)22(26)24-12-11-18-3-7-20(23)8-4-18/h3-10,16-17H,11-15H2,1-2H3,(H,24,26)/t16-,17+. The van der Waals surface area contributed by atoms with Crippen LogP contribution in [0.4, 0.5) is 4.39 Å². The summed E-state index contributed by atoms with van der Waals surface area (Å²) in [4.78, 5) is 12.5. The molecule has 1 aliphatic heterocycles. The molecule has 1 amide bonds. The van der Waals surface area contributed by atoms with Crippen LogP contribution in [0.3, 0.4) is 0 Å². The van der Waals surface area contributed by atoms with Gasteiger partial charge in [0.05, 0.1) is 4.90 Å². The van der Waals surface area contributed by atoms with Crippen molar-refractivity contribution in [1.82, 2.24) is 9.62 Å². The molecule has 2 aromatic rings. The zero-order valence-corrected chi connectivity index (χ0v) is 17.6. The van der Waals surface area contributed by atoms with Gasteiger partial charge in [-0.1, -0.05) is 26.0 Å². The van der Waals surface area contributed by atoms with Crippen molar-refractivity contribution in [2.75, 3.05) is 19.6 Å². The molecule has 0 unspecified atom stereocenters. The molecule has 29 heavy (non-hydrogen) atoms. The first-order valence-corrected chi connectivity index (χ1v) is 11.3. The Hall–Kier alpha value is -2.25. The summed E-state index contributed by atoms with van der Waals surface area (Å²) in [5.41, 5.74) is 1.33. The molecule has 2 atom stereocenters. The van der Waals surface area contributed by atoms with Crippen LogP contribution in [0.5, 0.6) is 0 Å². The maximum absolute atomic E-state index is 12.9. The highest BCUT2D eigenvalue weighted by molar-refractivity contribution is 7.89. The molecule has 5 nitrogen and oxygen atoms in total. The van der Waals surface area contributed by atoms with Gasteiger partial charge in [-0.15, -0.1) is 0 Å². The van der Waals surface area contributed by atoms with Crippen LogP contribution in [0.15, 0.2) is 53.4 Å². The number of carbonyl (C=O) groups excluding carboxylic acids is 1. The van der Waals surface area contributed by atoms with Gasteiger partial charge in [0.25, 0.3) is 5.91 Å². The van der Waals surface area contributed by atoms with E-state index < -0.39 is 10.0 Å². The largest absolute Gasteiger partial charge is 0.352 e. The number of nitrogens with zero attached hydrogens (tertiary/aromatic N) is 1. The molecule has 1 aliphatic rings. The van der Waals surface area contributed by atoms with Crippen LogP contribution in [-0.4, -0.2) is 38.3 Å². The van der Waals surface area contributed by atoms with Gasteiger partial charge in [0, 0.05) is 25.2 Å². The van der Waals surface area contributed by atoms with Gasteiger partial charge >= 0.3 is 0 Å². The van der Waals surface area contributed by atoms with Crippen LogP contribution in [-0.2, 0) is 16.4 Å². The quantitative estimate of drug-likeness (QED) is 0.781. The molecule has 1 heterocycles. The Bertz CT molecular complexity index is 933. The fraction of sp³-hybridized carbons (Fsp3) is 0.409. The van der Waals surface area contributed by atoms with Gasteiger partial charge in [0.2, 0.25) is 10.0 Å². The minimum absolute atomic E-state index is 0.210. The number of carbonyl (C=O) groups is 1. The lowest BCUT2D eigenvalue weighted by Crippen LogP contribution is -2.42. The summed E-state index contributed by atoms with van der Waals surface area (Å²) >= 11 is 0. The second-order valence-electron chi connectivity index (χ2n) is 7.92. The third-order valence-electron chi connectivity index (χ3n) is 5.20. The normalized spacial score (nSPS) is 20.4. The Morgan fingerprint density at radius 1 is 1.03 bits per heavy atom. The first-order chi connectivity index (χ1) is 13.8. The molecule has 1 N–H and O–H groups in total. The van der Waals surface area contributed by atoms with E-state index in [1.807, 2.05) is 0 Å². The zero-order valence-electron chi connectivity index (χ0n) is 16.8. The topological polar surface area (TPSA) is 66.5 Å². The molecular weight excluding hydrogens is 391 g/mol. The number of hydrogen-bond donors (Lipinski definition) is 1. The molecule has 0 aromatic heterocycles. The Morgan fingerprint density at radius 2 is 1.62 bits per heavy atom. The van der Waals surface area contributed by atoms with Gasteiger partial charge in [0.1, 0.15) is 5.82 Å². The second kappa shape index (κ2) is 9.05. The van der Waals surface area contributed by atoms with E-state index in [1.165, 1.54) is 36.4 Å². The average Bonchev–Trinajstić information content (AvgIpc) is 2.69. The number of benzene rings is 2. The Balaban J connectivity index is 1.60. The summed E-state index contributed by atoms with van der Waals surface area (Å²) in [6, 6.07) is 12.2. The van der Waals surface area contributed by atoms with E-state index in [2.05, 4.69) is 19.2 Å². The number of amides is 1. The smallest absolute Gasteiger partial charge is 0.251 e. The summed E-state index contributed by atoms with van der Waals surface area (Å²) in [5, 5.41) is 2.80. The van der Waals surface area contributed by atoms with Crippen LogP contribution >= 0.6 is 0 Å². The van der Waals surface area contributed by atoms with Crippen LogP contribution in [0, 0.1) is 17.7 Å². The fourth-order valence-electron chi connectivity index (χ4n) is 3.80. The molecule has 0 bridgehead atoms. The van der Waals surface area contributed by atoms with Gasteiger partial charge in [-0.3, -0.25) is 4.79 Å². The minimum atomic E-state index is -3.56. The van der Waals surface area contributed by atoms with Gasteiger partial charge in [-0.2, -0.15) is 4.31 Å². The zero-order chi connectivity index (χ0) is 21.0. The number of nitrogens with one attached hydrogen (secondary N) is 1. The van der Waals surface area contributed by atoms with Crippen molar-refractivity contribution in [2.45, 2.75) is 31.6 Å². The first kappa shape index (κ1) is 21.5. The van der Waals surface area contributed by atoms with Crippen LogP contribution in [0.2, 0.25) is 0 Å². The predicted molar refractivity (Wildman–Crippen MR) is 111 cm³/mol. The SMILES string of the molecule is C[C@@H]1C[C@H](C)CN(S(=O)(=O)c2ccc(C(=O)NCCc3ccc(F)cc3)cc2)C1. The van der Waals surface area contributed by atoms with Crippen molar-refractivity contribution >= 4 is 15.9 Å². The van der Waals surface area contributed by atoms with Crippen molar-refractivity contribution in [1.29, 1.82) is 0 Å². The number of halogens is 1. The van der Waals surface area contributed by atoms with Gasteiger partial charge < -0.3 is 5.32 Å². The van der Waals surface area contributed by atoms with Crippen molar-refractivity contribution in [3.8, 4) is 0 Å². The maximum atomic E-state index is 12.9. The summed E-state index contributed by atoms with van der Waals surface area (Å²) < 4.78 is 40.3. The molecule has 0 saturated carbocycles. The van der Waals surface area contributed by atoms with Crippen LogP contribution < -0.4 is 5.32 Å². The van der Waals surface area contributed by atoms with Crippen molar-refractivity contribution in [3.63, 3.8) is 0 Å². The lowest BCUT2D eigenvalue weighted by molar-refractivity contribution is 0.0954. The molecule has 1 fully saturated rings. The van der Waals surface area contributed by atoms with Gasteiger partial charge in [-0.05, 0) is 66.6 Å². The van der Waals surface area contributed by atoms with E-state index in [-0.39, 0.29) is 16.6 Å². The monoisotopic (exact) mass is 418 g/mol. The molecule has 7 heteroatoms. The molecule has 1 saturated heterocycles. The highest BCUT2D eigenvalue weighted by atomic mass is 32.2. The van der Waals surface area contributed by atoms with Crippen LogP contribution in [0.1, 0.15) is 36.2 Å². The summed E-state index contributed by atoms with van der Waals surface area (Å²) in [6.07, 6.45) is 1.62. The Morgan fingerprint density at radius 3 is 2.21 bits per heavy atom. The van der Waals surface area contributed by atoms with Crippen molar-refractivity contribution in [3.05, 3.63) is 65.5 Å². The molecule has 156 valence electrons. The molecule has 0 spiro atoms. The molecule has 0 aliphatic carbocycles. The van der Waals surface area contributed by atoms with E-state index in [9.17, 15) is 17.6 Å². The summed E-state index contributed by atoms with van der Waals surface area (Å²) in [6.45, 7) is 5.60. The summed E-state index contributed by atoms with van der Waals surface area (Å²) in [7, 11) is -3.56. The Kier molecular flexibility index (Phi) is 6.70. The third-order valence-corrected chi connectivity index (χ3v) is 7.05.